The van der Waals surface area contributed by atoms with Gasteiger partial charge in [-0.2, -0.15) is 0 Å². The Hall–Kier alpha value is -1.79. The van der Waals surface area contributed by atoms with E-state index in [0.29, 0.717) is 12.3 Å². The molecular formula is C15H23N3O3. The summed E-state index contributed by atoms with van der Waals surface area (Å²) in [6, 6.07) is 4.90. The molecule has 1 amide bonds. The van der Waals surface area contributed by atoms with Crippen LogP contribution in [0.3, 0.4) is 0 Å². The Labute approximate surface area is 125 Å². The summed E-state index contributed by atoms with van der Waals surface area (Å²) < 4.78 is 5.00. The van der Waals surface area contributed by atoms with Gasteiger partial charge in [0.1, 0.15) is 0 Å². The van der Waals surface area contributed by atoms with E-state index in [1.807, 2.05) is 0 Å². The largest absolute Gasteiger partial charge is 0.504 e. The summed E-state index contributed by atoms with van der Waals surface area (Å²) in [4.78, 5) is 14.4. The molecular weight excluding hydrogens is 270 g/mol. The third-order valence-corrected chi connectivity index (χ3v) is 3.61. The second kappa shape index (κ2) is 7.85. The Morgan fingerprint density at radius 3 is 2.90 bits per heavy atom. The standard InChI is InChI=1S/C15H23N3O3/c1-21-13-5-2-4-12(14(13)19)15(20)17-6-3-9-18-10-7-16-8-11-18/h2,4-5,16,19H,3,6-11H2,1H3,(H,17,20). The van der Waals surface area contributed by atoms with Gasteiger partial charge in [-0.1, -0.05) is 6.07 Å². The number of piperazine rings is 1. The second-order valence-corrected chi connectivity index (χ2v) is 5.06. The average molecular weight is 293 g/mol. The fourth-order valence-electron chi connectivity index (χ4n) is 2.40. The van der Waals surface area contributed by atoms with Gasteiger partial charge in [0.05, 0.1) is 12.7 Å². The number of amides is 1. The molecule has 0 bridgehead atoms. The molecule has 21 heavy (non-hydrogen) atoms. The van der Waals surface area contributed by atoms with Crippen LogP contribution in [-0.2, 0) is 0 Å². The summed E-state index contributed by atoms with van der Waals surface area (Å²) in [7, 11) is 1.46. The number of methoxy groups -OCH3 is 1. The van der Waals surface area contributed by atoms with Crippen LogP contribution in [0.15, 0.2) is 18.2 Å². The van der Waals surface area contributed by atoms with Crippen LogP contribution in [0.4, 0.5) is 0 Å². The fourth-order valence-corrected chi connectivity index (χ4v) is 2.40. The lowest BCUT2D eigenvalue weighted by Gasteiger charge is -2.27. The number of benzene rings is 1. The number of phenols is 1. The van der Waals surface area contributed by atoms with Crippen LogP contribution < -0.4 is 15.4 Å². The van der Waals surface area contributed by atoms with Crippen molar-refractivity contribution < 1.29 is 14.6 Å². The van der Waals surface area contributed by atoms with E-state index >= 15 is 0 Å². The topological polar surface area (TPSA) is 73.8 Å². The number of aromatic hydroxyl groups is 1. The monoisotopic (exact) mass is 293 g/mol. The zero-order chi connectivity index (χ0) is 15.1. The summed E-state index contributed by atoms with van der Waals surface area (Å²) in [5.74, 6) is -0.0743. The molecule has 6 nitrogen and oxygen atoms in total. The van der Waals surface area contributed by atoms with E-state index in [9.17, 15) is 9.90 Å². The van der Waals surface area contributed by atoms with Crippen LogP contribution in [0.5, 0.6) is 11.5 Å². The Kier molecular flexibility index (Phi) is 5.83. The molecule has 0 atom stereocenters. The molecule has 1 heterocycles. The molecule has 1 aliphatic rings. The number of hydrogen-bond acceptors (Lipinski definition) is 5. The molecule has 3 N–H and O–H groups in total. The zero-order valence-corrected chi connectivity index (χ0v) is 12.4. The molecule has 0 spiro atoms. The molecule has 1 aromatic rings. The highest BCUT2D eigenvalue weighted by Gasteiger charge is 2.14. The van der Waals surface area contributed by atoms with Gasteiger partial charge in [0.2, 0.25) is 0 Å². The van der Waals surface area contributed by atoms with E-state index in [1.165, 1.54) is 7.11 Å². The summed E-state index contributed by atoms with van der Waals surface area (Å²) in [5, 5.41) is 16.1. The van der Waals surface area contributed by atoms with Crippen molar-refractivity contribution >= 4 is 5.91 Å². The van der Waals surface area contributed by atoms with Crippen LogP contribution >= 0.6 is 0 Å². The smallest absolute Gasteiger partial charge is 0.255 e. The Balaban J connectivity index is 1.76. The van der Waals surface area contributed by atoms with Crippen LogP contribution in [0.25, 0.3) is 0 Å². The second-order valence-electron chi connectivity index (χ2n) is 5.06. The van der Waals surface area contributed by atoms with Crippen LogP contribution in [-0.4, -0.2) is 62.3 Å². The Bertz CT molecular complexity index is 473. The first kappa shape index (κ1) is 15.6. The van der Waals surface area contributed by atoms with Crippen molar-refractivity contribution in [3.8, 4) is 11.5 Å². The minimum atomic E-state index is -0.272. The molecule has 0 unspecified atom stereocenters. The molecule has 0 saturated carbocycles. The quantitative estimate of drug-likeness (QED) is 0.663. The van der Waals surface area contributed by atoms with Gasteiger partial charge < -0.3 is 25.4 Å². The zero-order valence-electron chi connectivity index (χ0n) is 12.4. The molecule has 1 fully saturated rings. The Morgan fingerprint density at radius 1 is 1.43 bits per heavy atom. The molecule has 1 aromatic carbocycles. The van der Waals surface area contributed by atoms with Gasteiger partial charge in [-0.05, 0) is 25.1 Å². The molecule has 116 valence electrons. The number of rotatable bonds is 6. The highest BCUT2D eigenvalue weighted by molar-refractivity contribution is 5.97. The van der Waals surface area contributed by atoms with Gasteiger partial charge >= 0.3 is 0 Å². The van der Waals surface area contributed by atoms with E-state index in [0.717, 1.165) is 39.1 Å². The maximum atomic E-state index is 12.0. The van der Waals surface area contributed by atoms with Crippen molar-refractivity contribution in [1.29, 1.82) is 0 Å². The summed E-state index contributed by atoms with van der Waals surface area (Å²) in [6.45, 7) is 5.76. The van der Waals surface area contributed by atoms with Crippen LogP contribution in [0, 0.1) is 0 Å². The molecule has 1 saturated heterocycles. The van der Waals surface area contributed by atoms with Gasteiger partial charge in [-0.15, -0.1) is 0 Å². The third kappa shape index (κ3) is 4.34. The molecule has 0 aromatic heterocycles. The van der Waals surface area contributed by atoms with Crippen molar-refractivity contribution in [2.24, 2.45) is 0 Å². The third-order valence-electron chi connectivity index (χ3n) is 3.61. The predicted octanol–water partition coefficient (Wildman–Crippen LogP) is 0.426. The van der Waals surface area contributed by atoms with E-state index in [2.05, 4.69) is 15.5 Å². The average Bonchev–Trinajstić information content (AvgIpc) is 2.52. The number of nitrogens with one attached hydrogen (secondary N) is 2. The van der Waals surface area contributed by atoms with E-state index in [1.54, 1.807) is 18.2 Å². The predicted molar refractivity (Wildman–Crippen MR) is 80.9 cm³/mol. The van der Waals surface area contributed by atoms with Gasteiger partial charge in [-0.25, -0.2) is 0 Å². The molecule has 6 heteroatoms. The number of hydrogen-bond donors (Lipinski definition) is 3. The Morgan fingerprint density at radius 2 is 2.19 bits per heavy atom. The van der Waals surface area contributed by atoms with Crippen LogP contribution in [0.1, 0.15) is 16.8 Å². The number of ether oxygens (including phenoxy) is 1. The maximum Gasteiger partial charge on any atom is 0.255 e. The first-order valence-corrected chi connectivity index (χ1v) is 7.29. The molecule has 0 radical (unpaired) electrons. The fraction of sp³-hybridized carbons (Fsp3) is 0.533. The molecule has 2 rings (SSSR count). The lowest BCUT2D eigenvalue weighted by atomic mass is 10.1. The summed E-state index contributed by atoms with van der Waals surface area (Å²) in [6.07, 6.45) is 0.899. The van der Waals surface area contributed by atoms with Crippen molar-refractivity contribution in [3.05, 3.63) is 23.8 Å². The minimum absolute atomic E-state index is 0.111. The molecule has 0 aliphatic carbocycles. The first-order valence-electron chi connectivity index (χ1n) is 7.29. The van der Waals surface area contributed by atoms with Gasteiger partial charge in [0, 0.05) is 32.7 Å². The summed E-state index contributed by atoms with van der Waals surface area (Å²) >= 11 is 0. The van der Waals surface area contributed by atoms with E-state index in [-0.39, 0.29) is 17.2 Å². The minimum Gasteiger partial charge on any atom is -0.504 e. The number of para-hydroxylation sites is 1. The number of carbonyl (C=O) groups excluding carboxylic acids is 1. The van der Waals surface area contributed by atoms with Crippen molar-refractivity contribution in [2.45, 2.75) is 6.42 Å². The summed E-state index contributed by atoms with van der Waals surface area (Å²) in [5.41, 5.74) is 0.247. The highest BCUT2D eigenvalue weighted by atomic mass is 16.5. The highest BCUT2D eigenvalue weighted by Crippen LogP contribution is 2.29. The van der Waals surface area contributed by atoms with Crippen molar-refractivity contribution in [2.75, 3.05) is 46.4 Å². The van der Waals surface area contributed by atoms with Crippen molar-refractivity contribution in [3.63, 3.8) is 0 Å². The lowest BCUT2D eigenvalue weighted by molar-refractivity contribution is 0.0948. The number of nitrogens with zero attached hydrogens (tertiary/aromatic N) is 1. The lowest BCUT2D eigenvalue weighted by Crippen LogP contribution is -2.44. The maximum absolute atomic E-state index is 12.0. The van der Waals surface area contributed by atoms with Crippen LogP contribution in [0.2, 0.25) is 0 Å². The molecule has 1 aliphatic heterocycles. The van der Waals surface area contributed by atoms with Gasteiger partial charge in [0.15, 0.2) is 11.5 Å². The van der Waals surface area contributed by atoms with E-state index in [4.69, 9.17) is 4.74 Å². The van der Waals surface area contributed by atoms with Crippen molar-refractivity contribution in [1.82, 2.24) is 15.5 Å². The first-order chi connectivity index (χ1) is 10.2. The SMILES string of the molecule is COc1cccc(C(=O)NCCCN2CCNCC2)c1O. The number of carbonyl (C=O) groups is 1. The van der Waals surface area contributed by atoms with E-state index < -0.39 is 0 Å². The van der Waals surface area contributed by atoms with Gasteiger partial charge in [-0.3, -0.25) is 4.79 Å². The van der Waals surface area contributed by atoms with Gasteiger partial charge in [0.25, 0.3) is 5.91 Å². The number of phenolic OH excluding ortho intramolecular Hbond substituents is 1. The normalized spacial score (nSPS) is 15.7.